The van der Waals surface area contributed by atoms with Crippen LogP contribution in [-0.4, -0.2) is 11.9 Å². The van der Waals surface area contributed by atoms with Gasteiger partial charge in [0.15, 0.2) is 0 Å². The summed E-state index contributed by atoms with van der Waals surface area (Å²) in [5.41, 5.74) is 1.09. The molecule has 0 spiro atoms. The van der Waals surface area contributed by atoms with E-state index in [-0.39, 0.29) is 5.91 Å². The maximum atomic E-state index is 12.0. The topological polar surface area (TPSA) is 29.1 Å². The minimum atomic E-state index is 0.0230. The number of nitrogens with one attached hydrogen (secondary N) is 1. The van der Waals surface area contributed by atoms with Crippen molar-refractivity contribution in [1.82, 2.24) is 5.32 Å². The molecule has 0 bridgehead atoms. The molecule has 0 aliphatic heterocycles. The fourth-order valence-electron chi connectivity index (χ4n) is 3.06. The number of carbonyl (C=O) groups excluding carboxylic acids is 1. The minimum absolute atomic E-state index is 0.0230. The van der Waals surface area contributed by atoms with E-state index in [1.54, 1.807) is 6.08 Å². The van der Waals surface area contributed by atoms with Crippen molar-refractivity contribution >= 4 is 22.8 Å². The highest BCUT2D eigenvalue weighted by Gasteiger charge is 2.14. The third-order valence-electron chi connectivity index (χ3n) is 4.19. The summed E-state index contributed by atoms with van der Waals surface area (Å²) in [6.45, 7) is 0. The molecule has 21 heavy (non-hydrogen) atoms. The average Bonchev–Trinajstić information content (AvgIpc) is 2.54. The van der Waals surface area contributed by atoms with Crippen LogP contribution in [0.3, 0.4) is 0 Å². The molecular weight excluding hydrogens is 258 g/mol. The van der Waals surface area contributed by atoms with E-state index in [4.69, 9.17) is 0 Å². The monoisotopic (exact) mass is 279 g/mol. The molecule has 1 fully saturated rings. The number of hydrogen-bond acceptors (Lipinski definition) is 1. The van der Waals surface area contributed by atoms with E-state index in [1.165, 1.54) is 30.0 Å². The summed E-state index contributed by atoms with van der Waals surface area (Å²) < 4.78 is 0. The second-order valence-electron chi connectivity index (χ2n) is 5.75. The zero-order chi connectivity index (χ0) is 14.5. The van der Waals surface area contributed by atoms with Gasteiger partial charge < -0.3 is 5.32 Å². The van der Waals surface area contributed by atoms with Gasteiger partial charge in [0.05, 0.1) is 0 Å². The lowest BCUT2D eigenvalue weighted by Gasteiger charge is -2.21. The molecule has 0 atom stereocenters. The molecule has 2 aromatic rings. The van der Waals surface area contributed by atoms with E-state index >= 15 is 0 Å². The third kappa shape index (κ3) is 3.52. The van der Waals surface area contributed by atoms with E-state index in [1.807, 2.05) is 30.3 Å². The van der Waals surface area contributed by atoms with Gasteiger partial charge >= 0.3 is 0 Å². The Labute approximate surface area is 125 Å². The number of hydrogen-bond donors (Lipinski definition) is 1. The summed E-state index contributed by atoms with van der Waals surface area (Å²) >= 11 is 0. The van der Waals surface area contributed by atoms with Gasteiger partial charge in [0.25, 0.3) is 0 Å². The molecule has 0 saturated heterocycles. The van der Waals surface area contributed by atoms with Crippen molar-refractivity contribution in [1.29, 1.82) is 0 Å². The first kappa shape index (κ1) is 13.9. The molecular formula is C19H21NO. The Morgan fingerprint density at radius 1 is 1.00 bits per heavy atom. The van der Waals surface area contributed by atoms with Crippen molar-refractivity contribution in [3.05, 3.63) is 54.1 Å². The molecule has 2 nitrogen and oxygen atoms in total. The summed E-state index contributed by atoms with van der Waals surface area (Å²) in [6, 6.07) is 14.8. The Bertz CT molecular complexity index is 648. The van der Waals surface area contributed by atoms with Crippen molar-refractivity contribution < 1.29 is 4.79 Å². The van der Waals surface area contributed by atoms with Crippen LogP contribution in [-0.2, 0) is 4.79 Å². The standard InChI is InChI=1S/C19H21NO/c21-19(20-17-10-2-1-3-11-17)14-13-16-9-6-8-15-7-4-5-12-18(15)16/h4-9,12-14,17H,1-3,10-11H2,(H,20,21). The van der Waals surface area contributed by atoms with Crippen LogP contribution >= 0.6 is 0 Å². The van der Waals surface area contributed by atoms with Gasteiger partial charge in [-0.05, 0) is 35.3 Å². The third-order valence-corrected chi connectivity index (χ3v) is 4.19. The molecule has 1 aliphatic rings. The van der Waals surface area contributed by atoms with Crippen LogP contribution in [0.4, 0.5) is 0 Å². The predicted molar refractivity (Wildman–Crippen MR) is 88.0 cm³/mol. The average molecular weight is 279 g/mol. The van der Waals surface area contributed by atoms with Crippen LogP contribution in [0, 0.1) is 0 Å². The maximum Gasteiger partial charge on any atom is 0.244 e. The lowest BCUT2D eigenvalue weighted by Crippen LogP contribution is -2.34. The molecule has 2 heteroatoms. The van der Waals surface area contributed by atoms with Crippen molar-refractivity contribution in [3.63, 3.8) is 0 Å². The van der Waals surface area contributed by atoms with Gasteiger partial charge in [-0.3, -0.25) is 4.79 Å². The Kier molecular flexibility index (Phi) is 4.34. The molecule has 0 aromatic heterocycles. The molecule has 1 N–H and O–H groups in total. The van der Waals surface area contributed by atoms with E-state index in [0.717, 1.165) is 18.4 Å². The fourth-order valence-corrected chi connectivity index (χ4v) is 3.06. The molecule has 1 saturated carbocycles. The van der Waals surface area contributed by atoms with E-state index < -0.39 is 0 Å². The smallest absolute Gasteiger partial charge is 0.244 e. The van der Waals surface area contributed by atoms with Crippen molar-refractivity contribution in [2.75, 3.05) is 0 Å². The zero-order valence-electron chi connectivity index (χ0n) is 12.2. The highest BCUT2D eigenvalue weighted by atomic mass is 16.1. The van der Waals surface area contributed by atoms with Gasteiger partial charge in [0.1, 0.15) is 0 Å². The molecule has 0 radical (unpaired) electrons. The number of carbonyl (C=O) groups is 1. The molecule has 2 aromatic carbocycles. The largest absolute Gasteiger partial charge is 0.350 e. The lowest BCUT2D eigenvalue weighted by atomic mass is 9.95. The van der Waals surface area contributed by atoms with Crippen molar-refractivity contribution in [2.24, 2.45) is 0 Å². The Balaban J connectivity index is 1.70. The van der Waals surface area contributed by atoms with Gasteiger partial charge in [-0.2, -0.15) is 0 Å². The van der Waals surface area contributed by atoms with Crippen LogP contribution in [0.2, 0.25) is 0 Å². The van der Waals surface area contributed by atoms with Crippen LogP contribution in [0.15, 0.2) is 48.5 Å². The van der Waals surface area contributed by atoms with Gasteiger partial charge in [0.2, 0.25) is 5.91 Å². The fraction of sp³-hybridized carbons (Fsp3) is 0.316. The van der Waals surface area contributed by atoms with Crippen LogP contribution in [0.5, 0.6) is 0 Å². The second kappa shape index (κ2) is 6.57. The summed E-state index contributed by atoms with van der Waals surface area (Å²) in [6.07, 6.45) is 9.59. The zero-order valence-corrected chi connectivity index (χ0v) is 12.2. The molecule has 0 unspecified atom stereocenters. The highest BCUT2D eigenvalue weighted by molar-refractivity contribution is 5.96. The first-order valence-electron chi connectivity index (χ1n) is 7.79. The predicted octanol–water partition coefficient (Wildman–Crippen LogP) is 4.30. The van der Waals surface area contributed by atoms with Crippen molar-refractivity contribution in [3.8, 4) is 0 Å². The Hall–Kier alpha value is -2.09. The summed E-state index contributed by atoms with van der Waals surface area (Å²) in [5.74, 6) is 0.0230. The molecule has 1 amide bonds. The van der Waals surface area contributed by atoms with Crippen molar-refractivity contribution in [2.45, 2.75) is 38.1 Å². The highest BCUT2D eigenvalue weighted by Crippen LogP contribution is 2.20. The molecule has 0 heterocycles. The number of fused-ring (bicyclic) bond motifs is 1. The number of amides is 1. The van der Waals surface area contributed by atoms with Gasteiger partial charge in [0, 0.05) is 12.1 Å². The molecule has 1 aliphatic carbocycles. The van der Waals surface area contributed by atoms with E-state index in [9.17, 15) is 4.79 Å². The maximum absolute atomic E-state index is 12.0. The Morgan fingerprint density at radius 3 is 2.62 bits per heavy atom. The van der Waals surface area contributed by atoms with Gasteiger partial charge in [-0.25, -0.2) is 0 Å². The first-order valence-corrected chi connectivity index (χ1v) is 7.79. The molecule has 3 rings (SSSR count). The normalized spacial score (nSPS) is 16.4. The summed E-state index contributed by atoms with van der Waals surface area (Å²) in [7, 11) is 0. The minimum Gasteiger partial charge on any atom is -0.350 e. The van der Waals surface area contributed by atoms with Gasteiger partial charge in [-0.15, -0.1) is 0 Å². The van der Waals surface area contributed by atoms with Crippen LogP contribution < -0.4 is 5.32 Å². The number of rotatable bonds is 3. The van der Waals surface area contributed by atoms with Crippen LogP contribution in [0.1, 0.15) is 37.7 Å². The summed E-state index contributed by atoms with van der Waals surface area (Å²) in [5, 5.41) is 5.49. The van der Waals surface area contributed by atoms with E-state index in [0.29, 0.717) is 6.04 Å². The quantitative estimate of drug-likeness (QED) is 0.834. The molecule has 108 valence electrons. The SMILES string of the molecule is O=C(C=Cc1cccc2ccccc12)NC1CCCCC1. The Morgan fingerprint density at radius 2 is 1.76 bits per heavy atom. The van der Waals surface area contributed by atoms with E-state index in [2.05, 4.69) is 23.5 Å². The van der Waals surface area contributed by atoms with Gasteiger partial charge in [-0.1, -0.05) is 61.7 Å². The number of benzene rings is 2. The lowest BCUT2D eigenvalue weighted by molar-refractivity contribution is -0.117. The van der Waals surface area contributed by atoms with Crippen LogP contribution in [0.25, 0.3) is 16.8 Å². The second-order valence-corrected chi connectivity index (χ2v) is 5.75. The summed E-state index contributed by atoms with van der Waals surface area (Å²) in [4.78, 5) is 12.0. The first-order chi connectivity index (χ1) is 10.3.